The predicted molar refractivity (Wildman–Crippen MR) is 158 cm³/mol. The van der Waals surface area contributed by atoms with E-state index in [0.29, 0.717) is 19.6 Å². The summed E-state index contributed by atoms with van der Waals surface area (Å²) >= 11 is 0. The number of amides is 1. The fourth-order valence-electron chi connectivity index (χ4n) is 4.64. The molecule has 8 heteroatoms. The number of carbonyl (C=O) groups excluding carboxylic acids is 2. The Morgan fingerprint density at radius 2 is 1.18 bits per heavy atom. The van der Waals surface area contributed by atoms with Gasteiger partial charge in [-0.05, 0) is 58.2 Å². The van der Waals surface area contributed by atoms with Crippen molar-refractivity contribution in [2.45, 2.75) is 135 Å². The molecule has 0 aliphatic rings. The molecule has 0 rings (SSSR count). The predicted octanol–water partition coefficient (Wildman–Crippen LogP) is 6.50. The van der Waals surface area contributed by atoms with Crippen LogP contribution in [-0.2, 0) is 23.9 Å². The number of ether oxygens (including phenoxy) is 2. The number of nitrogens with one attached hydrogen (secondary N) is 1. The summed E-state index contributed by atoms with van der Waals surface area (Å²) in [6, 6.07) is 0. The standard InChI is InChI=1S/C31H60N2O6/c1-3-4-5-6-7-8-9-13-19-27-39-31(37)22-16-14-18-25-33(26-20-23-32-29(34)28-38-2)24-17-12-10-11-15-21-30(35)36/h3-28H2,1-2H3,(H,32,34)(H,35,36). The molecular formula is C31H60N2O6. The molecule has 0 aliphatic heterocycles. The molecule has 39 heavy (non-hydrogen) atoms. The lowest BCUT2D eigenvalue weighted by molar-refractivity contribution is -0.144. The van der Waals surface area contributed by atoms with Gasteiger partial charge in [-0.15, -0.1) is 0 Å². The number of hydrogen-bond acceptors (Lipinski definition) is 6. The minimum absolute atomic E-state index is 0.0684. The summed E-state index contributed by atoms with van der Waals surface area (Å²) in [6.07, 6.45) is 20.9. The molecule has 0 radical (unpaired) electrons. The molecule has 0 saturated heterocycles. The Labute approximate surface area is 239 Å². The van der Waals surface area contributed by atoms with Gasteiger partial charge in [0, 0.05) is 26.5 Å². The van der Waals surface area contributed by atoms with Gasteiger partial charge in [0.2, 0.25) is 5.91 Å². The molecular weight excluding hydrogens is 496 g/mol. The van der Waals surface area contributed by atoms with Crippen LogP contribution in [0.2, 0.25) is 0 Å². The highest BCUT2D eigenvalue weighted by molar-refractivity contribution is 5.77. The van der Waals surface area contributed by atoms with Crippen LogP contribution in [0.3, 0.4) is 0 Å². The van der Waals surface area contributed by atoms with Gasteiger partial charge in [-0.1, -0.05) is 84.0 Å². The van der Waals surface area contributed by atoms with E-state index in [1.807, 2.05) is 0 Å². The van der Waals surface area contributed by atoms with Gasteiger partial charge in [0.25, 0.3) is 0 Å². The van der Waals surface area contributed by atoms with Crippen molar-refractivity contribution in [2.75, 3.05) is 46.5 Å². The second kappa shape index (κ2) is 29.3. The molecule has 0 aromatic heterocycles. The zero-order valence-corrected chi connectivity index (χ0v) is 25.3. The van der Waals surface area contributed by atoms with Crippen molar-refractivity contribution < 1.29 is 29.0 Å². The van der Waals surface area contributed by atoms with E-state index in [1.54, 1.807) is 0 Å². The Balaban J connectivity index is 3.94. The highest BCUT2D eigenvalue weighted by Crippen LogP contribution is 2.11. The number of carboxylic acid groups (broad SMARTS) is 1. The normalized spacial score (nSPS) is 11.2. The summed E-state index contributed by atoms with van der Waals surface area (Å²) in [5.41, 5.74) is 0. The van der Waals surface area contributed by atoms with Crippen LogP contribution in [-0.4, -0.2) is 74.4 Å². The lowest BCUT2D eigenvalue weighted by atomic mass is 10.1. The van der Waals surface area contributed by atoms with Crippen LogP contribution in [0.15, 0.2) is 0 Å². The summed E-state index contributed by atoms with van der Waals surface area (Å²) in [4.78, 5) is 36.7. The molecule has 0 fully saturated rings. The van der Waals surface area contributed by atoms with E-state index in [4.69, 9.17) is 14.6 Å². The average molecular weight is 557 g/mol. The first kappa shape index (κ1) is 37.3. The van der Waals surface area contributed by atoms with Gasteiger partial charge in [-0.25, -0.2) is 0 Å². The first-order chi connectivity index (χ1) is 19.0. The number of rotatable bonds is 30. The van der Waals surface area contributed by atoms with Crippen molar-refractivity contribution in [3.63, 3.8) is 0 Å². The van der Waals surface area contributed by atoms with Crippen molar-refractivity contribution in [2.24, 2.45) is 0 Å². The topological polar surface area (TPSA) is 105 Å². The number of hydrogen-bond donors (Lipinski definition) is 2. The fraction of sp³-hybridized carbons (Fsp3) is 0.903. The lowest BCUT2D eigenvalue weighted by Crippen LogP contribution is -2.32. The maximum Gasteiger partial charge on any atom is 0.305 e. The molecule has 0 unspecified atom stereocenters. The van der Waals surface area contributed by atoms with Gasteiger partial charge in [-0.2, -0.15) is 0 Å². The molecule has 0 atom stereocenters. The summed E-state index contributed by atoms with van der Waals surface area (Å²) < 4.78 is 10.3. The van der Waals surface area contributed by atoms with Crippen LogP contribution in [0.25, 0.3) is 0 Å². The molecule has 2 N–H and O–H groups in total. The van der Waals surface area contributed by atoms with Crippen molar-refractivity contribution in [3.05, 3.63) is 0 Å². The molecule has 230 valence electrons. The number of carbonyl (C=O) groups is 3. The summed E-state index contributed by atoms with van der Waals surface area (Å²) in [5.74, 6) is -0.873. The summed E-state index contributed by atoms with van der Waals surface area (Å²) in [5, 5.41) is 11.6. The van der Waals surface area contributed by atoms with E-state index in [-0.39, 0.29) is 24.9 Å². The van der Waals surface area contributed by atoms with Crippen molar-refractivity contribution in [3.8, 4) is 0 Å². The lowest BCUT2D eigenvalue weighted by Gasteiger charge is -2.22. The summed E-state index contributed by atoms with van der Waals surface area (Å²) in [6.45, 7) is 6.44. The Bertz CT molecular complexity index is 587. The first-order valence-corrected chi connectivity index (χ1v) is 15.8. The van der Waals surface area contributed by atoms with E-state index in [2.05, 4.69) is 17.1 Å². The Hall–Kier alpha value is -1.67. The number of nitrogens with zero attached hydrogens (tertiary/aromatic N) is 1. The average Bonchev–Trinajstić information content (AvgIpc) is 2.90. The highest BCUT2D eigenvalue weighted by atomic mass is 16.5. The molecule has 0 aliphatic carbocycles. The van der Waals surface area contributed by atoms with Crippen LogP contribution in [0, 0.1) is 0 Å². The number of esters is 1. The number of aliphatic carboxylic acids is 1. The van der Waals surface area contributed by atoms with Gasteiger partial charge in [0.15, 0.2) is 0 Å². The highest BCUT2D eigenvalue weighted by Gasteiger charge is 2.08. The van der Waals surface area contributed by atoms with Crippen molar-refractivity contribution in [1.82, 2.24) is 10.2 Å². The minimum atomic E-state index is -0.717. The van der Waals surface area contributed by atoms with Crippen LogP contribution in [0.5, 0.6) is 0 Å². The molecule has 0 heterocycles. The van der Waals surface area contributed by atoms with Crippen LogP contribution in [0.4, 0.5) is 0 Å². The minimum Gasteiger partial charge on any atom is -0.481 e. The van der Waals surface area contributed by atoms with E-state index < -0.39 is 5.97 Å². The van der Waals surface area contributed by atoms with Gasteiger partial charge in [0.1, 0.15) is 6.61 Å². The van der Waals surface area contributed by atoms with Crippen LogP contribution >= 0.6 is 0 Å². The quantitative estimate of drug-likeness (QED) is 0.0768. The first-order valence-electron chi connectivity index (χ1n) is 15.8. The van der Waals surface area contributed by atoms with Gasteiger partial charge < -0.3 is 24.8 Å². The Morgan fingerprint density at radius 1 is 0.667 bits per heavy atom. The molecule has 0 aromatic carbocycles. The third-order valence-corrected chi connectivity index (χ3v) is 6.98. The third kappa shape index (κ3) is 29.1. The van der Waals surface area contributed by atoms with Crippen LogP contribution < -0.4 is 5.32 Å². The molecule has 0 aromatic rings. The SMILES string of the molecule is CCCCCCCCCCCOC(=O)CCCCCN(CCCCCCCC(=O)O)CCCNC(=O)COC. The Kier molecular flexibility index (Phi) is 28.1. The molecule has 0 saturated carbocycles. The molecule has 1 amide bonds. The zero-order chi connectivity index (χ0) is 28.8. The second-order valence-electron chi connectivity index (χ2n) is 10.7. The number of unbranched alkanes of at least 4 members (excludes halogenated alkanes) is 14. The van der Waals surface area contributed by atoms with Gasteiger partial charge in [0.05, 0.1) is 6.61 Å². The van der Waals surface area contributed by atoms with Gasteiger partial charge in [-0.3, -0.25) is 14.4 Å². The van der Waals surface area contributed by atoms with E-state index in [0.717, 1.165) is 90.3 Å². The molecule has 8 nitrogen and oxygen atoms in total. The summed E-state index contributed by atoms with van der Waals surface area (Å²) in [7, 11) is 1.51. The van der Waals surface area contributed by atoms with Gasteiger partial charge >= 0.3 is 11.9 Å². The number of methoxy groups -OCH3 is 1. The maximum atomic E-state index is 12.0. The zero-order valence-electron chi connectivity index (χ0n) is 25.3. The van der Waals surface area contributed by atoms with Crippen LogP contribution in [0.1, 0.15) is 135 Å². The van der Waals surface area contributed by atoms with Crippen molar-refractivity contribution >= 4 is 17.8 Å². The van der Waals surface area contributed by atoms with E-state index in [9.17, 15) is 14.4 Å². The largest absolute Gasteiger partial charge is 0.481 e. The smallest absolute Gasteiger partial charge is 0.305 e. The monoisotopic (exact) mass is 556 g/mol. The van der Waals surface area contributed by atoms with E-state index in [1.165, 1.54) is 52.1 Å². The molecule has 0 spiro atoms. The van der Waals surface area contributed by atoms with E-state index >= 15 is 0 Å². The fourth-order valence-corrected chi connectivity index (χ4v) is 4.64. The van der Waals surface area contributed by atoms with Crippen molar-refractivity contribution in [1.29, 1.82) is 0 Å². The Morgan fingerprint density at radius 3 is 1.79 bits per heavy atom. The molecule has 0 bridgehead atoms. The second-order valence-corrected chi connectivity index (χ2v) is 10.7. The third-order valence-electron chi connectivity index (χ3n) is 6.98. The number of carboxylic acids is 1. The maximum absolute atomic E-state index is 12.0.